The van der Waals surface area contributed by atoms with E-state index in [1.807, 2.05) is 60.8 Å². The van der Waals surface area contributed by atoms with E-state index in [9.17, 15) is 24.3 Å². The number of aromatic nitrogens is 1. The SMILES string of the molecule is NC(Cc1c[nH]c2ccccc12)C(=O)NC(Cc1ccccc1)C(=O)N1CCCC1C(=O)N1CCCC1C(=O)O. The van der Waals surface area contributed by atoms with Crippen LogP contribution in [0.25, 0.3) is 10.9 Å². The summed E-state index contributed by atoms with van der Waals surface area (Å²) in [5, 5.41) is 13.4. The third-order valence-electron chi connectivity index (χ3n) is 7.99. The highest BCUT2D eigenvalue weighted by molar-refractivity contribution is 5.95. The van der Waals surface area contributed by atoms with E-state index in [-0.39, 0.29) is 18.2 Å². The molecule has 4 unspecified atom stereocenters. The van der Waals surface area contributed by atoms with Gasteiger partial charge in [-0.2, -0.15) is 0 Å². The molecule has 4 atom stereocenters. The Kier molecular flexibility index (Phi) is 8.16. The van der Waals surface area contributed by atoms with Gasteiger partial charge in [-0.3, -0.25) is 14.4 Å². The molecule has 2 aliphatic rings. The van der Waals surface area contributed by atoms with E-state index in [2.05, 4.69) is 10.3 Å². The molecular weight excluding hydrogens is 510 g/mol. The van der Waals surface area contributed by atoms with Crippen LogP contribution in [0.3, 0.4) is 0 Å². The summed E-state index contributed by atoms with van der Waals surface area (Å²) in [7, 11) is 0. The third kappa shape index (κ3) is 5.72. The molecule has 3 heterocycles. The lowest BCUT2D eigenvalue weighted by atomic mass is 10.0. The summed E-state index contributed by atoms with van der Waals surface area (Å²) in [5.74, 6) is -2.18. The Morgan fingerprint density at radius 1 is 0.925 bits per heavy atom. The van der Waals surface area contributed by atoms with Crippen LogP contribution >= 0.6 is 0 Å². The Bertz CT molecular complexity index is 1390. The van der Waals surface area contributed by atoms with Crippen molar-refractivity contribution in [2.75, 3.05) is 13.1 Å². The number of likely N-dealkylation sites (tertiary alicyclic amines) is 2. The molecule has 10 nitrogen and oxygen atoms in total. The molecular formula is C30H35N5O5. The monoisotopic (exact) mass is 545 g/mol. The number of hydrogen-bond acceptors (Lipinski definition) is 5. The summed E-state index contributed by atoms with van der Waals surface area (Å²) in [6.07, 6.45) is 4.47. The van der Waals surface area contributed by atoms with Crippen molar-refractivity contribution in [3.63, 3.8) is 0 Å². The van der Waals surface area contributed by atoms with Gasteiger partial charge < -0.3 is 30.9 Å². The number of carbonyl (C=O) groups is 4. The largest absolute Gasteiger partial charge is 0.480 e. The first-order chi connectivity index (χ1) is 19.3. The van der Waals surface area contributed by atoms with E-state index in [1.165, 1.54) is 9.80 Å². The zero-order chi connectivity index (χ0) is 28.2. The van der Waals surface area contributed by atoms with Gasteiger partial charge in [-0.25, -0.2) is 4.79 Å². The minimum Gasteiger partial charge on any atom is -0.480 e. The summed E-state index contributed by atoms with van der Waals surface area (Å²) in [4.78, 5) is 58.4. The average molecular weight is 546 g/mol. The molecule has 40 heavy (non-hydrogen) atoms. The van der Waals surface area contributed by atoms with Crippen LogP contribution < -0.4 is 11.1 Å². The number of aromatic amines is 1. The molecule has 1 aromatic heterocycles. The number of carbonyl (C=O) groups excluding carboxylic acids is 3. The first-order valence-corrected chi connectivity index (χ1v) is 13.8. The van der Waals surface area contributed by atoms with E-state index in [4.69, 9.17) is 5.73 Å². The molecule has 0 bridgehead atoms. The van der Waals surface area contributed by atoms with Crippen LogP contribution in [-0.4, -0.2) is 80.8 Å². The highest BCUT2D eigenvalue weighted by Crippen LogP contribution is 2.26. The van der Waals surface area contributed by atoms with Crippen LogP contribution in [-0.2, 0) is 32.0 Å². The number of carboxylic acid groups (broad SMARTS) is 1. The van der Waals surface area contributed by atoms with E-state index >= 15 is 0 Å². The van der Waals surface area contributed by atoms with Gasteiger partial charge in [0.05, 0.1) is 6.04 Å². The lowest BCUT2D eigenvalue weighted by Crippen LogP contribution is -2.57. The first-order valence-electron chi connectivity index (χ1n) is 13.8. The number of para-hydroxylation sites is 1. The summed E-state index contributed by atoms with van der Waals surface area (Å²) >= 11 is 0. The van der Waals surface area contributed by atoms with Crippen LogP contribution in [0.15, 0.2) is 60.8 Å². The molecule has 2 saturated heterocycles. The molecule has 0 aliphatic carbocycles. The highest BCUT2D eigenvalue weighted by Gasteiger charge is 2.43. The smallest absolute Gasteiger partial charge is 0.326 e. The minimum atomic E-state index is -1.03. The lowest BCUT2D eigenvalue weighted by molar-refractivity contribution is -0.152. The second kappa shape index (κ2) is 11.9. The van der Waals surface area contributed by atoms with Gasteiger partial charge in [0.2, 0.25) is 17.7 Å². The Morgan fingerprint density at radius 3 is 2.35 bits per heavy atom. The van der Waals surface area contributed by atoms with Crippen LogP contribution in [0.1, 0.15) is 36.8 Å². The highest BCUT2D eigenvalue weighted by atomic mass is 16.4. The van der Waals surface area contributed by atoms with Gasteiger partial charge in [0.25, 0.3) is 0 Å². The van der Waals surface area contributed by atoms with Crippen LogP contribution in [0.2, 0.25) is 0 Å². The average Bonchev–Trinajstić information content (AvgIpc) is 3.73. The number of amides is 3. The molecule has 3 aromatic rings. The van der Waals surface area contributed by atoms with Crippen molar-refractivity contribution in [2.45, 2.75) is 62.7 Å². The maximum atomic E-state index is 13.9. The molecule has 0 spiro atoms. The number of aliphatic carboxylic acids is 1. The topological polar surface area (TPSA) is 149 Å². The zero-order valence-electron chi connectivity index (χ0n) is 22.3. The zero-order valence-corrected chi connectivity index (χ0v) is 22.3. The van der Waals surface area contributed by atoms with Crippen molar-refractivity contribution < 1.29 is 24.3 Å². The number of nitrogens with two attached hydrogens (primary N) is 1. The molecule has 5 N–H and O–H groups in total. The molecule has 2 aliphatic heterocycles. The third-order valence-corrected chi connectivity index (χ3v) is 7.99. The second-order valence-corrected chi connectivity index (χ2v) is 10.6. The first kappa shape index (κ1) is 27.4. The lowest BCUT2D eigenvalue weighted by Gasteiger charge is -2.32. The molecule has 3 amide bonds. The fourth-order valence-corrected chi connectivity index (χ4v) is 5.92. The van der Waals surface area contributed by atoms with Gasteiger partial charge in [0, 0.05) is 36.6 Å². The van der Waals surface area contributed by atoms with Crippen LogP contribution in [0, 0.1) is 0 Å². The van der Waals surface area contributed by atoms with Gasteiger partial charge in [-0.1, -0.05) is 48.5 Å². The number of nitrogens with zero attached hydrogens (tertiary/aromatic N) is 2. The van der Waals surface area contributed by atoms with Crippen molar-refractivity contribution in [3.8, 4) is 0 Å². The van der Waals surface area contributed by atoms with E-state index < -0.39 is 36.0 Å². The molecule has 2 fully saturated rings. The normalized spacial score (nSPS) is 20.4. The minimum absolute atomic E-state index is 0.240. The molecule has 0 saturated carbocycles. The van der Waals surface area contributed by atoms with Crippen molar-refractivity contribution >= 4 is 34.6 Å². The van der Waals surface area contributed by atoms with Crippen molar-refractivity contribution in [3.05, 3.63) is 71.9 Å². The number of hydrogen-bond donors (Lipinski definition) is 4. The number of H-pyrrole nitrogens is 1. The maximum absolute atomic E-state index is 13.9. The number of rotatable bonds is 9. The second-order valence-electron chi connectivity index (χ2n) is 10.6. The van der Waals surface area contributed by atoms with Gasteiger partial charge in [0.1, 0.15) is 18.1 Å². The fraction of sp³-hybridized carbons (Fsp3) is 0.400. The van der Waals surface area contributed by atoms with Gasteiger partial charge in [0.15, 0.2) is 0 Å². The fourth-order valence-electron chi connectivity index (χ4n) is 5.92. The van der Waals surface area contributed by atoms with Crippen molar-refractivity contribution in [2.24, 2.45) is 5.73 Å². The number of benzene rings is 2. The quantitative estimate of drug-likeness (QED) is 0.322. The van der Waals surface area contributed by atoms with Gasteiger partial charge in [-0.15, -0.1) is 0 Å². The molecule has 10 heteroatoms. The standard InChI is InChI=1S/C30H35N5O5/c31-22(17-20-18-32-23-11-5-4-10-21(20)23)27(36)33-24(16-19-8-2-1-3-9-19)28(37)34-14-6-12-25(34)29(38)35-15-7-13-26(35)30(39)40/h1-5,8-11,18,22,24-26,32H,6-7,12-17,31H2,(H,33,36)(H,39,40). The summed E-state index contributed by atoms with van der Waals surface area (Å²) < 4.78 is 0. The summed E-state index contributed by atoms with van der Waals surface area (Å²) in [6, 6.07) is 13.7. The summed E-state index contributed by atoms with van der Waals surface area (Å²) in [5.41, 5.74) is 9.05. The Balaban J connectivity index is 1.33. The summed E-state index contributed by atoms with van der Waals surface area (Å²) in [6.45, 7) is 0.727. The number of nitrogens with one attached hydrogen (secondary N) is 2. The maximum Gasteiger partial charge on any atom is 0.326 e. The van der Waals surface area contributed by atoms with Crippen LogP contribution in [0.5, 0.6) is 0 Å². The molecule has 5 rings (SSSR count). The van der Waals surface area contributed by atoms with E-state index in [1.54, 1.807) is 0 Å². The predicted octanol–water partition coefficient (Wildman–Crippen LogP) is 1.83. The molecule has 0 radical (unpaired) electrons. The molecule has 210 valence electrons. The van der Waals surface area contributed by atoms with Gasteiger partial charge >= 0.3 is 5.97 Å². The van der Waals surface area contributed by atoms with Crippen LogP contribution in [0.4, 0.5) is 0 Å². The number of carboxylic acids is 1. The van der Waals surface area contributed by atoms with E-state index in [0.717, 1.165) is 22.0 Å². The Hall–Kier alpha value is -4.18. The van der Waals surface area contributed by atoms with E-state index in [0.29, 0.717) is 45.2 Å². The van der Waals surface area contributed by atoms with Crippen molar-refractivity contribution in [1.29, 1.82) is 0 Å². The number of fused-ring (bicyclic) bond motifs is 1. The molecule has 2 aromatic carbocycles. The van der Waals surface area contributed by atoms with Gasteiger partial charge in [-0.05, 0) is 49.3 Å². The predicted molar refractivity (Wildman–Crippen MR) is 149 cm³/mol. The Morgan fingerprint density at radius 2 is 1.60 bits per heavy atom. The Labute approximate surface area is 232 Å². The van der Waals surface area contributed by atoms with Crippen molar-refractivity contribution in [1.82, 2.24) is 20.1 Å².